The van der Waals surface area contributed by atoms with E-state index in [1.807, 2.05) is 25.1 Å². The van der Waals surface area contributed by atoms with E-state index in [0.717, 1.165) is 22.3 Å². The average Bonchev–Trinajstić information content (AvgIpc) is 3.12. The van der Waals surface area contributed by atoms with Crippen molar-refractivity contribution in [1.29, 1.82) is 0 Å². The van der Waals surface area contributed by atoms with E-state index in [9.17, 15) is 4.79 Å². The summed E-state index contributed by atoms with van der Waals surface area (Å²) in [6.45, 7) is 3.63. The molecule has 3 rings (SSSR count). The molecule has 0 saturated carbocycles. The lowest BCUT2D eigenvalue weighted by molar-refractivity contribution is -0.910. The van der Waals surface area contributed by atoms with E-state index in [2.05, 4.69) is 38.8 Å². The first-order chi connectivity index (χ1) is 10.6. The smallest absolute Gasteiger partial charge is 0.279 e. The van der Waals surface area contributed by atoms with Gasteiger partial charge in [-0.15, -0.1) is 11.3 Å². The summed E-state index contributed by atoms with van der Waals surface area (Å²) < 4.78 is 1.03. The van der Waals surface area contributed by atoms with E-state index in [1.54, 1.807) is 11.3 Å². The van der Waals surface area contributed by atoms with Gasteiger partial charge in [-0.25, -0.2) is 0 Å². The molecule has 1 aromatic heterocycles. The minimum Gasteiger partial charge on any atom is -0.321 e. The highest BCUT2D eigenvalue weighted by atomic mass is 79.9. The number of anilines is 1. The highest BCUT2D eigenvalue weighted by Gasteiger charge is 2.32. The molecule has 1 fully saturated rings. The predicted octanol–water partition coefficient (Wildman–Crippen LogP) is 3.18. The molecule has 5 heteroatoms. The number of likely N-dealkylation sites (tertiary alicyclic amines) is 1. The van der Waals surface area contributed by atoms with Gasteiger partial charge in [0.05, 0.1) is 11.4 Å². The van der Waals surface area contributed by atoms with E-state index >= 15 is 0 Å². The molecule has 0 radical (unpaired) electrons. The number of hydrogen-bond donors (Lipinski definition) is 2. The average molecular weight is 380 g/mol. The fourth-order valence-electron chi connectivity index (χ4n) is 3.12. The van der Waals surface area contributed by atoms with Crippen LogP contribution in [0.1, 0.15) is 29.3 Å². The minimum atomic E-state index is 0.101. The van der Waals surface area contributed by atoms with Crippen LogP contribution < -0.4 is 10.2 Å². The van der Waals surface area contributed by atoms with Crippen molar-refractivity contribution in [2.24, 2.45) is 0 Å². The Morgan fingerprint density at radius 1 is 1.45 bits per heavy atom. The third kappa shape index (κ3) is 3.59. The van der Waals surface area contributed by atoms with Gasteiger partial charge in [0, 0.05) is 23.0 Å². The Morgan fingerprint density at radius 2 is 2.32 bits per heavy atom. The molecule has 2 heterocycles. The van der Waals surface area contributed by atoms with Crippen molar-refractivity contribution < 1.29 is 9.69 Å². The first-order valence-corrected chi connectivity index (χ1v) is 9.25. The van der Waals surface area contributed by atoms with Crippen LogP contribution in [0, 0.1) is 6.92 Å². The molecule has 2 aromatic rings. The van der Waals surface area contributed by atoms with Crippen LogP contribution in [-0.4, -0.2) is 19.0 Å². The molecule has 1 aliphatic heterocycles. The molecule has 1 saturated heterocycles. The Kier molecular flexibility index (Phi) is 4.96. The number of thiophene rings is 1. The van der Waals surface area contributed by atoms with Crippen molar-refractivity contribution in [2.45, 2.75) is 25.8 Å². The van der Waals surface area contributed by atoms with Gasteiger partial charge in [-0.1, -0.05) is 22.0 Å². The van der Waals surface area contributed by atoms with Gasteiger partial charge in [0.1, 0.15) is 6.04 Å². The van der Waals surface area contributed by atoms with Crippen molar-refractivity contribution in [1.82, 2.24) is 0 Å². The molecule has 22 heavy (non-hydrogen) atoms. The van der Waals surface area contributed by atoms with Crippen LogP contribution in [0.2, 0.25) is 0 Å². The van der Waals surface area contributed by atoms with Gasteiger partial charge in [-0.3, -0.25) is 4.79 Å². The quantitative estimate of drug-likeness (QED) is 0.840. The van der Waals surface area contributed by atoms with E-state index < -0.39 is 0 Å². The number of amides is 1. The lowest BCUT2D eigenvalue weighted by Crippen LogP contribution is -3.11. The van der Waals surface area contributed by atoms with E-state index in [0.29, 0.717) is 12.6 Å². The maximum Gasteiger partial charge on any atom is 0.279 e. The molecule has 2 N–H and O–H groups in total. The molecule has 3 nitrogen and oxygen atoms in total. The molecular formula is C17H20BrN2OS+. The molecule has 1 aliphatic rings. The summed E-state index contributed by atoms with van der Waals surface area (Å²) in [7, 11) is 0. The van der Waals surface area contributed by atoms with Crippen molar-refractivity contribution >= 4 is 38.9 Å². The summed E-state index contributed by atoms with van der Waals surface area (Å²) in [5.41, 5.74) is 1.98. The number of benzene rings is 1. The Hall–Kier alpha value is -1.17. The van der Waals surface area contributed by atoms with Crippen LogP contribution >= 0.6 is 27.3 Å². The Morgan fingerprint density at radius 3 is 3.05 bits per heavy atom. The number of aryl methyl sites for hydroxylation is 1. The van der Waals surface area contributed by atoms with Gasteiger partial charge in [0.25, 0.3) is 5.91 Å². The fraction of sp³-hybridized carbons (Fsp3) is 0.353. The molecule has 1 aromatic carbocycles. The topological polar surface area (TPSA) is 33.5 Å². The SMILES string of the molecule is Cc1cc(Br)ccc1NC(=O)C[NH+]1CCC[C@@H]1c1cccs1. The highest BCUT2D eigenvalue weighted by Crippen LogP contribution is 2.23. The fourth-order valence-corrected chi connectivity index (χ4v) is 4.52. The number of halogens is 1. The molecule has 0 bridgehead atoms. The summed E-state index contributed by atoms with van der Waals surface area (Å²) in [6, 6.07) is 10.7. The van der Waals surface area contributed by atoms with Crippen molar-refractivity contribution in [3.8, 4) is 0 Å². The standard InChI is InChI=1S/C17H19BrN2OS/c1-12-10-13(18)6-7-14(12)19-17(21)11-20-8-2-4-15(20)16-5-3-9-22-16/h3,5-7,9-10,15H,2,4,8,11H2,1H3,(H,19,21)/p+1/t15-/m1/s1. The normalized spacial score (nSPS) is 21.0. The Labute approximate surface area is 143 Å². The van der Waals surface area contributed by atoms with Crippen molar-refractivity contribution in [3.63, 3.8) is 0 Å². The molecule has 1 unspecified atom stereocenters. The van der Waals surface area contributed by atoms with Gasteiger partial charge < -0.3 is 10.2 Å². The molecule has 0 spiro atoms. The van der Waals surface area contributed by atoms with Crippen LogP contribution in [0.3, 0.4) is 0 Å². The molecule has 0 aliphatic carbocycles. The second-order valence-electron chi connectivity index (χ2n) is 5.80. The Balaban J connectivity index is 1.64. The van der Waals surface area contributed by atoms with Crippen LogP contribution in [0.15, 0.2) is 40.2 Å². The highest BCUT2D eigenvalue weighted by molar-refractivity contribution is 9.10. The maximum absolute atomic E-state index is 12.4. The van der Waals surface area contributed by atoms with Crippen LogP contribution in [0.5, 0.6) is 0 Å². The van der Waals surface area contributed by atoms with Gasteiger partial charge in [-0.05, 0) is 42.1 Å². The maximum atomic E-state index is 12.4. The monoisotopic (exact) mass is 379 g/mol. The number of carbonyl (C=O) groups excluding carboxylic acids is 1. The van der Waals surface area contributed by atoms with E-state index in [4.69, 9.17) is 0 Å². The summed E-state index contributed by atoms with van der Waals surface area (Å²) in [5, 5.41) is 5.17. The number of carbonyl (C=O) groups is 1. The molecular weight excluding hydrogens is 360 g/mol. The van der Waals surface area contributed by atoms with Gasteiger partial charge in [0.2, 0.25) is 0 Å². The summed E-state index contributed by atoms with van der Waals surface area (Å²) >= 11 is 5.25. The largest absolute Gasteiger partial charge is 0.321 e. The van der Waals surface area contributed by atoms with Gasteiger partial charge in [-0.2, -0.15) is 0 Å². The third-order valence-corrected chi connectivity index (χ3v) is 5.70. The van der Waals surface area contributed by atoms with E-state index in [-0.39, 0.29) is 5.91 Å². The van der Waals surface area contributed by atoms with Crippen molar-refractivity contribution in [2.75, 3.05) is 18.4 Å². The zero-order valence-electron chi connectivity index (χ0n) is 12.6. The first kappa shape index (κ1) is 15.7. The Bertz CT molecular complexity index is 657. The van der Waals surface area contributed by atoms with Crippen LogP contribution in [-0.2, 0) is 4.79 Å². The molecule has 1 amide bonds. The summed E-state index contributed by atoms with van der Waals surface area (Å²) in [4.78, 5) is 15.2. The molecule has 2 atom stereocenters. The van der Waals surface area contributed by atoms with Crippen LogP contribution in [0.25, 0.3) is 0 Å². The van der Waals surface area contributed by atoms with E-state index in [1.165, 1.54) is 22.6 Å². The number of quaternary nitrogens is 1. The predicted molar refractivity (Wildman–Crippen MR) is 94.5 cm³/mol. The zero-order chi connectivity index (χ0) is 15.5. The number of rotatable bonds is 4. The number of nitrogens with one attached hydrogen (secondary N) is 2. The third-order valence-electron chi connectivity index (χ3n) is 4.22. The molecule has 116 valence electrons. The first-order valence-electron chi connectivity index (χ1n) is 7.57. The van der Waals surface area contributed by atoms with Gasteiger partial charge >= 0.3 is 0 Å². The van der Waals surface area contributed by atoms with Gasteiger partial charge in [0.15, 0.2) is 6.54 Å². The van der Waals surface area contributed by atoms with Crippen molar-refractivity contribution in [3.05, 3.63) is 50.6 Å². The lowest BCUT2D eigenvalue weighted by Gasteiger charge is -2.20. The second-order valence-corrected chi connectivity index (χ2v) is 7.70. The second kappa shape index (κ2) is 6.94. The number of hydrogen-bond acceptors (Lipinski definition) is 2. The summed E-state index contributed by atoms with van der Waals surface area (Å²) in [5.74, 6) is 0.101. The zero-order valence-corrected chi connectivity index (χ0v) is 15.0. The minimum absolute atomic E-state index is 0.101. The summed E-state index contributed by atoms with van der Waals surface area (Å²) in [6.07, 6.45) is 2.38. The lowest BCUT2D eigenvalue weighted by atomic mass is 10.2. The van der Waals surface area contributed by atoms with Crippen LogP contribution in [0.4, 0.5) is 5.69 Å².